The summed E-state index contributed by atoms with van der Waals surface area (Å²) in [5.41, 5.74) is 0.620. The summed E-state index contributed by atoms with van der Waals surface area (Å²) in [6, 6.07) is 12.9. The minimum Gasteiger partial charge on any atom is -0.322 e. The summed E-state index contributed by atoms with van der Waals surface area (Å²) in [7, 11) is 0. The van der Waals surface area contributed by atoms with E-state index in [2.05, 4.69) is 15.1 Å². The fourth-order valence-electron chi connectivity index (χ4n) is 2.55. The molecule has 0 aliphatic heterocycles. The molecule has 0 bridgehead atoms. The minimum atomic E-state index is -4.62. The van der Waals surface area contributed by atoms with Crippen LogP contribution >= 0.6 is 0 Å². The van der Waals surface area contributed by atoms with Crippen molar-refractivity contribution in [2.24, 2.45) is 0 Å². The van der Waals surface area contributed by atoms with Gasteiger partial charge in [0.15, 0.2) is 5.69 Å². The maximum atomic E-state index is 13.4. The Hall–Kier alpha value is -3.16. The number of aromatic amines is 1. The summed E-state index contributed by atoms with van der Waals surface area (Å²) in [5.74, 6) is -0.515. The molecule has 25 heavy (non-hydrogen) atoms. The summed E-state index contributed by atoms with van der Waals surface area (Å²) in [6.45, 7) is 0. The highest BCUT2D eigenvalue weighted by molar-refractivity contribution is 5.76. The summed E-state index contributed by atoms with van der Waals surface area (Å²) in [5, 5.41) is 4.02. The molecule has 2 heterocycles. The Labute approximate surface area is 138 Å². The molecule has 0 unspecified atom stereocenters. The average molecular weight is 346 g/mol. The van der Waals surface area contributed by atoms with Gasteiger partial charge in [0.2, 0.25) is 5.95 Å². The fourth-order valence-corrected chi connectivity index (χ4v) is 2.55. The molecule has 0 amide bonds. The van der Waals surface area contributed by atoms with E-state index in [4.69, 9.17) is 0 Å². The molecule has 0 radical (unpaired) electrons. The number of alkyl halides is 3. The van der Waals surface area contributed by atoms with E-state index in [1.807, 2.05) is 0 Å². The second-order valence-corrected chi connectivity index (χ2v) is 5.41. The lowest BCUT2D eigenvalue weighted by atomic mass is 10.1. The molecule has 0 saturated heterocycles. The van der Waals surface area contributed by atoms with Crippen LogP contribution in [0.2, 0.25) is 0 Å². The van der Waals surface area contributed by atoms with E-state index in [0.717, 1.165) is 10.7 Å². The standard InChI is InChI=1S/C17H10F4N4/c18-11-7-5-10(6-8-11)14-9-15(17(19,20)21)25(24-14)16-22-12-3-1-2-4-13(12)23-16/h1-9H,(H,22,23). The zero-order valence-corrected chi connectivity index (χ0v) is 12.5. The van der Waals surface area contributed by atoms with Gasteiger partial charge in [-0.1, -0.05) is 12.1 Å². The van der Waals surface area contributed by atoms with E-state index >= 15 is 0 Å². The van der Waals surface area contributed by atoms with Crippen LogP contribution in [0.15, 0.2) is 54.6 Å². The van der Waals surface area contributed by atoms with Crippen molar-refractivity contribution in [3.63, 3.8) is 0 Å². The number of benzene rings is 2. The highest BCUT2D eigenvalue weighted by atomic mass is 19.4. The second-order valence-electron chi connectivity index (χ2n) is 5.41. The quantitative estimate of drug-likeness (QED) is 0.540. The van der Waals surface area contributed by atoms with Crippen molar-refractivity contribution >= 4 is 11.0 Å². The van der Waals surface area contributed by atoms with Gasteiger partial charge in [-0.3, -0.25) is 0 Å². The molecule has 4 rings (SSSR count). The first-order valence-electron chi connectivity index (χ1n) is 7.30. The molecule has 0 aliphatic rings. The lowest BCUT2D eigenvalue weighted by Gasteiger charge is -2.07. The Morgan fingerprint density at radius 3 is 2.36 bits per heavy atom. The summed E-state index contributed by atoms with van der Waals surface area (Å²) in [6.07, 6.45) is -4.62. The van der Waals surface area contributed by atoms with Crippen molar-refractivity contribution in [1.82, 2.24) is 19.7 Å². The molecule has 0 saturated carbocycles. The Kier molecular flexibility index (Phi) is 3.34. The molecule has 2 aromatic carbocycles. The van der Waals surface area contributed by atoms with Crippen LogP contribution in [0, 0.1) is 5.82 Å². The van der Waals surface area contributed by atoms with Crippen molar-refractivity contribution in [3.05, 3.63) is 66.1 Å². The van der Waals surface area contributed by atoms with Gasteiger partial charge in [-0.15, -0.1) is 0 Å². The van der Waals surface area contributed by atoms with E-state index in [1.54, 1.807) is 24.3 Å². The Balaban J connectivity index is 1.89. The third-order valence-corrected chi connectivity index (χ3v) is 3.72. The van der Waals surface area contributed by atoms with Crippen LogP contribution in [-0.4, -0.2) is 19.7 Å². The van der Waals surface area contributed by atoms with Gasteiger partial charge in [-0.05, 0) is 42.5 Å². The largest absolute Gasteiger partial charge is 0.433 e. The van der Waals surface area contributed by atoms with Crippen LogP contribution in [0.3, 0.4) is 0 Å². The van der Waals surface area contributed by atoms with Crippen LogP contribution in [0.4, 0.5) is 17.6 Å². The first-order chi connectivity index (χ1) is 11.9. The van der Waals surface area contributed by atoms with E-state index in [1.165, 1.54) is 24.3 Å². The molecule has 1 N–H and O–H groups in total. The normalized spacial score (nSPS) is 12.0. The van der Waals surface area contributed by atoms with E-state index < -0.39 is 17.7 Å². The van der Waals surface area contributed by atoms with Crippen LogP contribution in [0.5, 0.6) is 0 Å². The lowest BCUT2D eigenvalue weighted by molar-refractivity contribution is -0.142. The number of rotatable bonds is 2. The zero-order valence-electron chi connectivity index (χ0n) is 12.5. The van der Waals surface area contributed by atoms with Gasteiger partial charge in [0.1, 0.15) is 5.82 Å². The number of H-pyrrole nitrogens is 1. The van der Waals surface area contributed by atoms with E-state index in [-0.39, 0.29) is 11.6 Å². The summed E-state index contributed by atoms with van der Waals surface area (Å²) < 4.78 is 54.0. The van der Waals surface area contributed by atoms with Crippen LogP contribution in [0.25, 0.3) is 28.2 Å². The van der Waals surface area contributed by atoms with Crippen LogP contribution < -0.4 is 0 Å². The second kappa shape index (κ2) is 5.44. The molecular weight excluding hydrogens is 336 g/mol. The highest BCUT2D eigenvalue weighted by Crippen LogP contribution is 2.33. The van der Waals surface area contributed by atoms with Crippen molar-refractivity contribution in [1.29, 1.82) is 0 Å². The molecule has 126 valence electrons. The smallest absolute Gasteiger partial charge is 0.322 e. The van der Waals surface area contributed by atoms with Crippen molar-refractivity contribution in [2.75, 3.05) is 0 Å². The van der Waals surface area contributed by atoms with Crippen molar-refractivity contribution in [2.45, 2.75) is 6.18 Å². The Morgan fingerprint density at radius 2 is 1.68 bits per heavy atom. The predicted octanol–water partition coefficient (Wildman–Crippen LogP) is 4.57. The molecule has 0 fully saturated rings. The Bertz CT molecular complexity index is 1010. The number of hydrogen-bond donors (Lipinski definition) is 1. The van der Waals surface area contributed by atoms with Crippen LogP contribution in [-0.2, 0) is 6.18 Å². The number of hydrogen-bond acceptors (Lipinski definition) is 2. The number of nitrogens with one attached hydrogen (secondary N) is 1. The number of aromatic nitrogens is 4. The first-order valence-corrected chi connectivity index (χ1v) is 7.30. The topological polar surface area (TPSA) is 46.5 Å². The maximum absolute atomic E-state index is 13.4. The molecule has 0 aliphatic carbocycles. The van der Waals surface area contributed by atoms with Crippen molar-refractivity contribution < 1.29 is 17.6 Å². The molecule has 0 atom stereocenters. The average Bonchev–Trinajstić information content (AvgIpc) is 3.19. The first kappa shape index (κ1) is 15.4. The third kappa shape index (κ3) is 2.75. The van der Waals surface area contributed by atoms with Gasteiger partial charge in [-0.2, -0.15) is 23.0 Å². The molecule has 0 spiro atoms. The molecule has 8 heteroatoms. The van der Waals surface area contributed by atoms with Gasteiger partial charge in [-0.25, -0.2) is 9.37 Å². The number of halogens is 4. The SMILES string of the molecule is Fc1ccc(-c2cc(C(F)(F)F)n(-c3nc4ccccc4[nH]3)n2)cc1. The fraction of sp³-hybridized carbons (Fsp3) is 0.0588. The van der Waals surface area contributed by atoms with E-state index in [9.17, 15) is 17.6 Å². The van der Waals surface area contributed by atoms with Gasteiger partial charge in [0.25, 0.3) is 0 Å². The lowest BCUT2D eigenvalue weighted by Crippen LogP contribution is -2.14. The maximum Gasteiger partial charge on any atom is 0.433 e. The third-order valence-electron chi connectivity index (χ3n) is 3.72. The zero-order chi connectivity index (χ0) is 17.6. The Morgan fingerprint density at radius 1 is 0.960 bits per heavy atom. The molecular formula is C17H10F4N4. The number of nitrogens with zero attached hydrogens (tertiary/aromatic N) is 3. The van der Waals surface area contributed by atoms with Gasteiger partial charge < -0.3 is 4.98 Å². The van der Waals surface area contributed by atoms with Gasteiger partial charge >= 0.3 is 6.18 Å². The van der Waals surface area contributed by atoms with Gasteiger partial charge in [0.05, 0.1) is 16.7 Å². The van der Waals surface area contributed by atoms with Crippen LogP contribution in [0.1, 0.15) is 5.69 Å². The molecule has 2 aromatic heterocycles. The predicted molar refractivity (Wildman–Crippen MR) is 83.6 cm³/mol. The summed E-state index contributed by atoms with van der Waals surface area (Å²) in [4.78, 5) is 6.99. The van der Waals surface area contributed by atoms with Gasteiger partial charge in [0, 0.05) is 5.56 Å². The number of para-hydroxylation sites is 2. The minimum absolute atomic E-state index is 0.0399. The highest BCUT2D eigenvalue weighted by Gasteiger charge is 2.37. The number of imidazole rings is 1. The van der Waals surface area contributed by atoms with E-state index in [0.29, 0.717) is 16.6 Å². The molecule has 4 aromatic rings. The number of fused-ring (bicyclic) bond motifs is 1. The monoisotopic (exact) mass is 346 g/mol. The van der Waals surface area contributed by atoms with Crippen molar-refractivity contribution in [3.8, 4) is 17.2 Å². The summed E-state index contributed by atoms with van der Waals surface area (Å²) >= 11 is 0. The molecule has 4 nitrogen and oxygen atoms in total.